The van der Waals surface area contributed by atoms with E-state index in [0.29, 0.717) is 6.42 Å². The first-order valence-electron chi connectivity index (χ1n) is 5.15. The van der Waals surface area contributed by atoms with Crippen LogP contribution in [0, 0.1) is 0 Å². The van der Waals surface area contributed by atoms with Gasteiger partial charge in [0.1, 0.15) is 4.90 Å². The first-order valence-corrected chi connectivity index (χ1v) is 6.59. The van der Waals surface area contributed by atoms with Crippen LogP contribution in [-0.2, 0) is 10.0 Å². The molecule has 98 valence electrons. The number of hydrogen-bond acceptors (Lipinski definition) is 4. The summed E-state index contributed by atoms with van der Waals surface area (Å²) in [5.74, 6) is -1.30. The highest BCUT2D eigenvalue weighted by Crippen LogP contribution is 2.18. The van der Waals surface area contributed by atoms with Gasteiger partial charge < -0.3 is 5.11 Å². The molecule has 1 rings (SSSR count). The Morgan fingerprint density at radius 2 is 2.28 bits per heavy atom. The number of rotatable bonds is 6. The Morgan fingerprint density at radius 1 is 1.61 bits per heavy atom. The average molecular weight is 270 g/mol. The number of nitrogens with zero attached hydrogens (tertiary/aromatic N) is 2. The lowest BCUT2D eigenvalue weighted by atomic mass is 10.3. The lowest BCUT2D eigenvalue weighted by molar-refractivity contribution is 0.0692. The zero-order valence-corrected chi connectivity index (χ0v) is 10.7. The highest BCUT2D eigenvalue weighted by atomic mass is 32.2. The molecule has 0 aliphatic rings. The molecule has 0 fully saturated rings. The van der Waals surface area contributed by atoms with Crippen molar-refractivity contribution in [3.8, 4) is 0 Å². The van der Waals surface area contributed by atoms with E-state index in [1.54, 1.807) is 6.08 Å². The number of aromatic carboxylic acids is 1. The van der Waals surface area contributed by atoms with Crippen molar-refractivity contribution in [2.45, 2.75) is 11.3 Å². The minimum absolute atomic E-state index is 0.236. The lowest BCUT2D eigenvalue weighted by Gasteiger charge is -2.17. The van der Waals surface area contributed by atoms with Gasteiger partial charge in [-0.25, -0.2) is 17.5 Å². The summed E-state index contributed by atoms with van der Waals surface area (Å²) >= 11 is 0. The molecule has 0 spiro atoms. The Labute approximate surface area is 106 Å². The van der Waals surface area contributed by atoms with Gasteiger partial charge in [-0.15, -0.1) is 6.58 Å². The molecule has 0 aliphatic carbocycles. The summed E-state index contributed by atoms with van der Waals surface area (Å²) in [5.41, 5.74) is -0.282. The molecule has 18 heavy (non-hydrogen) atoms. The van der Waals surface area contributed by atoms with Gasteiger partial charge in [0, 0.05) is 26.0 Å². The predicted octanol–water partition coefficient (Wildman–Crippen LogP) is 0.976. The molecule has 0 saturated heterocycles. The number of carbonyl (C=O) groups is 1. The van der Waals surface area contributed by atoms with E-state index < -0.39 is 16.0 Å². The third kappa shape index (κ3) is 2.93. The first-order chi connectivity index (χ1) is 8.41. The molecule has 0 amide bonds. The van der Waals surface area contributed by atoms with Crippen molar-refractivity contribution in [3.63, 3.8) is 0 Å². The fourth-order valence-corrected chi connectivity index (χ4v) is 2.63. The van der Waals surface area contributed by atoms with Gasteiger partial charge in [-0.1, -0.05) is 6.08 Å². The predicted molar refractivity (Wildman–Crippen MR) is 65.8 cm³/mol. The van der Waals surface area contributed by atoms with Crippen molar-refractivity contribution >= 4 is 16.0 Å². The summed E-state index contributed by atoms with van der Waals surface area (Å²) in [5, 5.41) is 8.96. The maximum atomic E-state index is 12.2. The topological polar surface area (TPSA) is 87.6 Å². The quantitative estimate of drug-likeness (QED) is 0.778. The Bertz CT molecular complexity index is 554. The van der Waals surface area contributed by atoms with Crippen molar-refractivity contribution < 1.29 is 18.3 Å². The second-order valence-electron chi connectivity index (χ2n) is 3.58. The van der Waals surface area contributed by atoms with Crippen molar-refractivity contribution in [3.05, 3.63) is 36.7 Å². The molecule has 0 saturated carbocycles. The van der Waals surface area contributed by atoms with E-state index in [1.165, 1.54) is 13.2 Å². The third-order valence-corrected chi connectivity index (χ3v) is 4.24. The summed E-state index contributed by atoms with van der Waals surface area (Å²) in [6.07, 6.45) is 4.36. The second-order valence-corrected chi connectivity index (χ2v) is 5.59. The van der Waals surface area contributed by atoms with Gasteiger partial charge in [0.15, 0.2) is 0 Å². The maximum Gasteiger partial charge on any atom is 0.337 e. The van der Waals surface area contributed by atoms with E-state index in [-0.39, 0.29) is 17.0 Å². The van der Waals surface area contributed by atoms with Crippen LogP contribution in [0.5, 0.6) is 0 Å². The molecule has 1 aromatic rings. The van der Waals surface area contributed by atoms with Gasteiger partial charge >= 0.3 is 5.97 Å². The zero-order valence-electron chi connectivity index (χ0n) is 9.91. The molecule has 7 heteroatoms. The van der Waals surface area contributed by atoms with E-state index in [0.717, 1.165) is 16.6 Å². The van der Waals surface area contributed by atoms with E-state index in [9.17, 15) is 13.2 Å². The van der Waals surface area contributed by atoms with Crippen LogP contribution in [0.1, 0.15) is 16.8 Å². The zero-order chi connectivity index (χ0) is 13.8. The van der Waals surface area contributed by atoms with E-state index in [1.807, 2.05) is 0 Å². The van der Waals surface area contributed by atoms with Crippen LogP contribution in [0.15, 0.2) is 36.0 Å². The molecule has 1 aromatic heterocycles. The van der Waals surface area contributed by atoms with Gasteiger partial charge in [-0.3, -0.25) is 4.98 Å². The number of carboxylic acid groups (broad SMARTS) is 1. The smallest absolute Gasteiger partial charge is 0.337 e. The van der Waals surface area contributed by atoms with Crippen LogP contribution >= 0.6 is 0 Å². The minimum atomic E-state index is -3.84. The maximum absolute atomic E-state index is 12.2. The van der Waals surface area contributed by atoms with Crippen LogP contribution in [0.2, 0.25) is 0 Å². The minimum Gasteiger partial charge on any atom is -0.478 e. The summed E-state index contributed by atoms with van der Waals surface area (Å²) in [6.45, 7) is 3.74. The number of aromatic nitrogens is 1. The monoisotopic (exact) mass is 270 g/mol. The molecule has 0 aliphatic heterocycles. The first kappa shape index (κ1) is 14.3. The molecule has 0 atom stereocenters. The Morgan fingerprint density at radius 3 is 2.83 bits per heavy atom. The lowest BCUT2D eigenvalue weighted by Crippen LogP contribution is -2.29. The standard InChI is InChI=1S/C11H14N2O4S/c1-3-4-7-13(2)18(16,17)10-8-12-6-5-9(10)11(14)15/h3,5-6,8H,1,4,7H2,2H3,(H,14,15). The second kappa shape index (κ2) is 5.74. The normalized spacial score (nSPS) is 11.4. The van der Waals surface area contributed by atoms with E-state index >= 15 is 0 Å². The molecule has 0 unspecified atom stereocenters. The van der Waals surface area contributed by atoms with Crippen molar-refractivity contribution in [2.24, 2.45) is 0 Å². The molecular weight excluding hydrogens is 256 g/mol. The molecule has 1 N–H and O–H groups in total. The number of carboxylic acids is 1. The Kier molecular flexibility index (Phi) is 4.57. The molecule has 0 radical (unpaired) electrons. The Balaban J connectivity index is 3.20. The van der Waals surface area contributed by atoms with Crippen LogP contribution in [0.3, 0.4) is 0 Å². The number of pyridine rings is 1. The molecule has 6 nitrogen and oxygen atoms in total. The number of hydrogen-bond donors (Lipinski definition) is 1. The van der Waals surface area contributed by atoms with Crippen LogP contribution in [-0.4, -0.2) is 42.4 Å². The SMILES string of the molecule is C=CCCN(C)S(=O)(=O)c1cnccc1C(=O)O. The van der Waals surface area contributed by atoms with Crippen LogP contribution < -0.4 is 0 Å². The molecule has 0 aromatic carbocycles. The molecule has 0 bridgehead atoms. The third-order valence-electron chi connectivity index (χ3n) is 2.35. The van der Waals surface area contributed by atoms with Gasteiger partial charge in [0.2, 0.25) is 10.0 Å². The fraction of sp³-hybridized carbons (Fsp3) is 0.273. The summed E-state index contributed by atoms with van der Waals surface area (Å²) in [6, 6.07) is 1.16. The highest BCUT2D eigenvalue weighted by molar-refractivity contribution is 7.89. The average Bonchev–Trinajstić information content (AvgIpc) is 2.35. The van der Waals surface area contributed by atoms with E-state index in [2.05, 4.69) is 11.6 Å². The summed E-state index contributed by atoms with van der Waals surface area (Å²) in [7, 11) is -2.46. The van der Waals surface area contributed by atoms with Crippen LogP contribution in [0.4, 0.5) is 0 Å². The Hall–Kier alpha value is -1.73. The summed E-state index contributed by atoms with van der Waals surface area (Å²) in [4.78, 5) is 14.3. The van der Waals surface area contributed by atoms with Gasteiger partial charge in [-0.05, 0) is 12.5 Å². The molecule has 1 heterocycles. The summed E-state index contributed by atoms with van der Waals surface area (Å²) < 4.78 is 25.4. The van der Waals surface area contributed by atoms with Crippen molar-refractivity contribution in [1.82, 2.24) is 9.29 Å². The van der Waals surface area contributed by atoms with Crippen LogP contribution in [0.25, 0.3) is 0 Å². The van der Waals surface area contributed by atoms with Gasteiger partial charge in [0.25, 0.3) is 0 Å². The van der Waals surface area contributed by atoms with Crippen molar-refractivity contribution in [2.75, 3.05) is 13.6 Å². The van der Waals surface area contributed by atoms with Gasteiger partial charge in [-0.2, -0.15) is 0 Å². The number of sulfonamides is 1. The largest absolute Gasteiger partial charge is 0.478 e. The highest BCUT2D eigenvalue weighted by Gasteiger charge is 2.26. The van der Waals surface area contributed by atoms with Crippen molar-refractivity contribution in [1.29, 1.82) is 0 Å². The van der Waals surface area contributed by atoms with Gasteiger partial charge in [0.05, 0.1) is 5.56 Å². The van der Waals surface area contributed by atoms with E-state index in [4.69, 9.17) is 5.11 Å². The molecular formula is C11H14N2O4S. The fourth-order valence-electron chi connectivity index (χ4n) is 1.32.